The molecule has 0 saturated heterocycles. The second-order valence-corrected chi connectivity index (χ2v) is 4.49. The number of imidazole rings is 1. The predicted octanol–water partition coefficient (Wildman–Crippen LogP) is 2.31. The number of benzene rings is 1. The van der Waals surface area contributed by atoms with Crippen molar-refractivity contribution in [2.45, 2.75) is 6.92 Å². The first-order valence-corrected chi connectivity index (χ1v) is 6.86. The van der Waals surface area contributed by atoms with Gasteiger partial charge in [0, 0.05) is 11.8 Å². The van der Waals surface area contributed by atoms with Gasteiger partial charge in [0.05, 0.1) is 18.4 Å². The van der Waals surface area contributed by atoms with E-state index in [9.17, 15) is 4.79 Å². The van der Waals surface area contributed by atoms with Gasteiger partial charge in [0.2, 0.25) is 0 Å². The number of ether oxygens (including phenoxy) is 1. The summed E-state index contributed by atoms with van der Waals surface area (Å²) in [7, 11) is 0. The fraction of sp³-hybridized carbons (Fsp3) is 0.118. The molecule has 5 heteroatoms. The van der Waals surface area contributed by atoms with Crippen molar-refractivity contribution < 1.29 is 9.53 Å². The highest BCUT2D eigenvalue weighted by molar-refractivity contribution is 5.89. The van der Waals surface area contributed by atoms with E-state index in [4.69, 9.17) is 4.74 Å². The van der Waals surface area contributed by atoms with E-state index in [1.54, 1.807) is 42.0 Å². The number of rotatable bonds is 2. The smallest absolute Gasteiger partial charge is 0.338 e. The number of hydrogen-bond donors (Lipinski definition) is 0. The molecule has 0 atom stereocenters. The Hall–Kier alpha value is -3.13. The van der Waals surface area contributed by atoms with Crippen LogP contribution in [0.25, 0.3) is 5.65 Å². The van der Waals surface area contributed by atoms with Crippen LogP contribution < -0.4 is 0 Å². The molecule has 0 radical (unpaired) electrons. The minimum absolute atomic E-state index is 0.345. The van der Waals surface area contributed by atoms with Gasteiger partial charge in [-0.1, -0.05) is 12.0 Å². The summed E-state index contributed by atoms with van der Waals surface area (Å²) in [4.78, 5) is 15.9. The van der Waals surface area contributed by atoms with E-state index in [2.05, 4.69) is 21.9 Å². The minimum Gasteiger partial charge on any atom is -0.462 e. The van der Waals surface area contributed by atoms with Crippen molar-refractivity contribution in [2.75, 3.05) is 6.61 Å². The Labute approximate surface area is 127 Å². The summed E-state index contributed by atoms with van der Waals surface area (Å²) in [5.74, 6) is 5.69. The fourth-order valence-corrected chi connectivity index (χ4v) is 1.99. The average molecular weight is 291 g/mol. The van der Waals surface area contributed by atoms with Crippen LogP contribution in [-0.2, 0) is 4.74 Å². The quantitative estimate of drug-likeness (QED) is 0.537. The van der Waals surface area contributed by atoms with Crippen LogP contribution in [0.4, 0.5) is 0 Å². The highest BCUT2D eigenvalue weighted by Gasteiger charge is 2.06. The second-order valence-electron chi connectivity index (χ2n) is 4.49. The first-order valence-electron chi connectivity index (χ1n) is 6.86. The van der Waals surface area contributed by atoms with Crippen molar-refractivity contribution in [3.05, 3.63) is 65.6 Å². The monoisotopic (exact) mass is 291 g/mol. The molecule has 0 fully saturated rings. The molecule has 0 spiro atoms. The molecule has 0 aliphatic rings. The minimum atomic E-state index is -0.345. The van der Waals surface area contributed by atoms with Gasteiger partial charge in [-0.3, -0.25) is 0 Å². The zero-order valence-corrected chi connectivity index (χ0v) is 12.0. The molecule has 0 N–H and O–H groups in total. The Bertz CT molecular complexity index is 887. The lowest BCUT2D eigenvalue weighted by Crippen LogP contribution is -2.04. The third-order valence-electron chi connectivity index (χ3n) is 2.99. The molecule has 0 aliphatic carbocycles. The molecule has 0 amide bonds. The summed E-state index contributed by atoms with van der Waals surface area (Å²) < 4.78 is 6.65. The molecule has 0 bridgehead atoms. The van der Waals surface area contributed by atoms with Gasteiger partial charge < -0.3 is 4.74 Å². The van der Waals surface area contributed by atoms with Gasteiger partial charge >= 0.3 is 5.97 Å². The third-order valence-corrected chi connectivity index (χ3v) is 2.99. The van der Waals surface area contributed by atoms with Crippen molar-refractivity contribution in [1.82, 2.24) is 14.6 Å². The summed E-state index contributed by atoms with van der Waals surface area (Å²) in [6.07, 6.45) is 3.35. The average Bonchev–Trinajstić information content (AvgIpc) is 2.97. The first kappa shape index (κ1) is 13.8. The lowest BCUT2D eigenvalue weighted by Gasteiger charge is -2.01. The van der Waals surface area contributed by atoms with Gasteiger partial charge in [-0.05, 0) is 43.2 Å². The second kappa shape index (κ2) is 6.10. The lowest BCUT2D eigenvalue weighted by molar-refractivity contribution is 0.0526. The SMILES string of the molecule is CCOC(=O)c1cccc(C#Cc2cnc3cccnn23)c1. The summed E-state index contributed by atoms with van der Waals surface area (Å²) in [5, 5.41) is 4.20. The van der Waals surface area contributed by atoms with E-state index in [0.29, 0.717) is 17.9 Å². The maximum absolute atomic E-state index is 11.7. The van der Waals surface area contributed by atoms with Crippen LogP contribution in [-0.4, -0.2) is 27.2 Å². The molecular formula is C17H13N3O2. The topological polar surface area (TPSA) is 56.5 Å². The van der Waals surface area contributed by atoms with E-state index in [0.717, 1.165) is 11.2 Å². The van der Waals surface area contributed by atoms with Crippen LogP contribution in [0, 0.1) is 11.8 Å². The zero-order valence-electron chi connectivity index (χ0n) is 12.0. The van der Waals surface area contributed by atoms with E-state index in [1.165, 1.54) is 0 Å². The molecule has 22 heavy (non-hydrogen) atoms. The normalized spacial score (nSPS) is 10.0. The summed E-state index contributed by atoms with van der Waals surface area (Å²) in [6.45, 7) is 2.13. The van der Waals surface area contributed by atoms with Crippen LogP contribution in [0.2, 0.25) is 0 Å². The molecule has 2 aromatic heterocycles. The van der Waals surface area contributed by atoms with Crippen molar-refractivity contribution in [3.8, 4) is 11.8 Å². The Morgan fingerprint density at radius 2 is 2.18 bits per heavy atom. The molecule has 0 unspecified atom stereocenters. The molecule has 2 heterocycles. The number of aromatic nitrogens is 3. The van der Waals surface area contributed by atoms with Gasteiger partial charge in [-0.2, -0.15) is 5.10 Å². The van der Waals surface area contributed by atoms with Crippen LogP contribution in [0.1, 0.15) is 28.5 Å². The molecule has 3 rings (SSSR count). The van der Waals surface area contributed by atoms with Gasteiger partial charge in [0.25, 0.3) is 0 Å². The van der Waals surface area contributed by atoms with Crippen LogP contribution in [0.5, 0.6) is 0 Å². The fourth-order valence-electron chi connectivity index (χ4n) is 1.99. The van der Waals surface area contributed by atoms with Crippen molar-refractivity contribution >= 4 is 11.6 Å². The van der Waals surface area contributed by atoms with E-state index >= 15 is 0 Å². The number of fused-ring (bicyclic) bond motifs is 1. The van der Waals surface area contributed by atoms with Gasteiger partial charge in [-0.15, -0.1) is 0 Å². The number of nitrogens with zero attached hydrogens (tertiary/aromatic N) is 3. The van der Waals surface area contributed by atoms with Gasteiger partial charge in [-0.25, -0.2) is 14.3 Å². The number of esters is 1. The number of carbonyl (C=O) groups is 1. The summed E-state index contributed by atoms with van der Waals surface area (Å²) in [6, 6.07) is 10.7. The summed E-state index contributed by atoms with van der Waals surface area (Å²) in [5.41, 5.74) is 2.66. The zero-order chi connectivity index (χ0) is 15.4. The molecule has 0 saturated carbocycles. The summed E-state index contributed by atoms with van der Waals surface area (Å²) >= 11 is 0. The molecule has 3 aromatic rings. The highest BCUT2D eigenvalue weighted by atomic mass is 16.5. The lowest BCUT2D eigenvalue weighted by atomic mass is 10.1. The standard InChI is InChI=1S/C17H13N3O2/c1-2-22-17(21)14-6-3-5-13(11-14)8-9-15-12-18-16-7-4-10-19-20(15)16/h3-7,10-12H,2H2,1H3. The van der Waals surface area contributed by atoms with Crippen LogP contribution in [0.3, 0.4) is 0 Å². The molecule has 5 nitrogen and oxygen atoms in total. The van der Waals surface area contributed by atoms with Crippen LogP contribution >= 0.6 is 0 Å². The van der Waals surface area contributed by atoms with Crippen molar-refractivity contribution in [2.24, 2.45) is 0 Å². The molecule has 108 valence electrons. The van der Waals surface area contributed by atoms with Crippen LogP contribution in [0.15, 0.2) is 48.8 Å². The van der Waals surface area contributed by atoms with Crippen molar-refractivity contribution in [3.63, 3.8) is 0 Å². The predicted molar refractivity (Wildman–Crippen MR) is 81.4 cm³/mol. The molecule has 1 aromatic carbocycles. The van der Waals surface area contributed by atoms with E-state index in [-0.39, 0.29) is 5.97 Å². The molecule has 0 aliphatic heterocycles. The van der Waals surface area contributed by atoms with Crippen molar-refractivity contribution in [1.29, 1.82) is 0 Å². The third kappa shape index (κ3) is 2.81. The Morgan fingerprint density at radius 1 is 1.27 bits per heavy atom. The maximum atomic E-state index is 11.7. The highest BCUT2D eigenvalue weighted by Crippen LogP contribution is 2.07. The molecular weight excluding hydrogens is 278 g/mol. The Balaban J connectivity index is 1.91. The largest absolute Gasteiger partial charge is 0.462 e. The Kier molecular flexibility index (Phi) is 3.84. The number of hydrogen-bond acceptors (Lipinski definition) is 4. The van der Waals surface area contributed by atoms with Gasteiger partial charge in [0.15, 0.2) is 5.65 Å². The maximum Gasteiger partial charge on any atom is 0.338 e. The van der Waals surface area contributed by atoms with Gasteiger partial charge in [0.1, 0.15) is 5.69 Å². The Morgan fingerprint density at radius 3 is 3.05 bits per heavy atom. The number of carbonyl (C=O) groups excluding carboxylic acids is 1. The van der Waals surface area contributed by atoms with E-state index in [1.807, 2.05) is 18.2 Å². The van der Waals surface area contributed by atoms with E-state index < -0.39 is 0 Å². The first-order chi connectivity index (χ1) is 10.8.